The van der Waals surface area contributed by atoms with Gasteiger partial charge in [-0.1, -0.05) is 0 Å². The Morgan fingerprint density at radius 1 is 0.615 bits per heavy atom. The van der Waals surface area contributed by atoms with Crippen molar-refractivity contribution >= 4 is 0 Å². The molecule has 13 heavy (non-hydrogen) atoms. The van der Waals surface area contributed by atoms with E-state index in [4.69, 9.17) is 42.4 Å². The molecule has 0 amide bonds. The maximum atomic E-state index is 8.49. The molecule has 0 spiro atoms. The third kappa shape index (κ3) is 2690. The molecular weight excluding hydrogens is 290 g/mol. The van der Waals surface area contributed by atoms with E-state index in [9.17, 15) is 0 Å². The molecule has 0 aromatic carbocycles. The van der Waals surface area contributed by atoms with E-state index in [-0.39, 0.29) is 17.1 Å². The molecule has 0 unspecified atom stereocenters. The second-order valence-corrected chi connectivity index (χ2v) is 2.27. The van der Waals surface area contributed by atoms with Crippen molar-refractivity contribution in [1.29, 1.82) is 0 Å². The minimum absolute atomic E-state index is 0. The van der Waals surface area contributed by atoms with Crippen molar-refractivity contribution < 1.29 is 79.9 Å². The minimum atomic E-state index is -4.94. The van der Waals surface area contributed by atoms with E-state index in [1.54, 1.807) is 0 Å². The van der Waals surface area contributed by atoms with Gasteiger partial charge in [0.15, 0.2) is 0 Å². The van der Waals surface area contributed by atoms with Crippen LogP contribution in [0.3, 0.4) is 0 Å². The summed E-state index contributed by atoms with van der Waals surface area (Å²) in [5.74, 6) is 0. The Balaban J connectivity index is -0.0000000491. The Morgan fingerprint density at radius 3 is 0.615 bits per heavy atom. The fraction of sp³-hybridized carbons (Fsp3) is 1.00. The summed E-state index contributed by atoms with van der Waals surface area (Å²) in [7, 11) is -8.89. The van der Waals surface area contributed by atoms with Gasteiger partial charge in [-0.25, -0.2) is 37.3 Å². The summed E-state index contributed by atoms with van der Waals surface area (Å²) in [6, 6.07) is 0. The van der Waals surface area contributed by atoms with Crippen molar-refractivity contribution in [3.05, 3.63) is 0 Å². The molecular formula is CH4Cl2CuO9. The Kier molecular flexibility index (Phi) is 19.6. The molecule has 87 valence electrons. The van der Waals surface area contributed by atoms with Gasteiger partial charge in [0.1, 0.15) is 0 Å². The molecule has 0 aromatic heterocycles. The zero-order valence-corrected chi connectivity index (χ0v) is 8.22. The van der Waals surface area contributed by atoms with Crippen molar-refractivity contribution in [2.45, 2.75) is 0 Å². The molecule has 0 rings (SSSR count). The van der Waals surface area contributed by atoms with Crippen molar-refractivity contribution in [3.8, 4) is 0 Å². The first-order valence-corrected chi connectivity index (χ1v) is 4.15. The average Bonchev–Trinajstić information content (AvgIpc) is 1.59. The quantitative estimate of drug-likeness (QED) is 0.420. The standard InChI is InChI=1S/CH4O.2ClHO4.Cu/c1-2;2*2-1(3,4)5;/h2H,1H3;2*(H,2,3,4,5);/q;;;+2/p-2. The molecule has 1 N–H and O–H groups in total. The van der Waals surface area contributed by atoms with Gasteiger partial charge < -0.3 is 5.11 Å². The number of aliphatic hydroxyl groups excluding tert-OH is 1. The summed E-state index contributed by atoms with van der Waals surface area (Å²) in [5.41, 5.74) is 0. The summed E-state index contributed by atoms with van der Waals surface area (Å²) < 4.78 is 67.9. The van der Waals surface area contributed by atoms with Crippen LogP contribution >= 0.6 is 0 Å². The number of halogens is 2. The van der Waals surface area contributed by atoms with Crippen molar-refractivity contribution in [2.75, 3.05) is 7.11 Å². The summed E-state index contributed by atoms with van der Waals surface area (Å²) in [6.45, 7) is 0. The smallest absolute Gasteiger partial charge is 0.400 e. The topological polar surface area (TPSA) is 205 Å². The van der Waals surface area contributed by atoms with Gasteiger partial charge in [0.2, 0.25) is 0 Å². The van der Waals surface area contributed by atoms with Crippen molar-refractivity contribution in [1.82, 2.24) is 0 Å². The van der Waals surface area contributed by atoms with Crippen LogP contribution in [0.4, 0.5) is 0 Å². The number of rotatable bonds is 0. The van der Waals surface area contributed by atoms with E-state index in [1.807, 2.05) is 0 Å². The van der Waals surface area contributed by atoms with Crippen LogP contribution in [0.2, 0.25) is 0 Å². The van der Waals surface area contributed by atoms with Gasteiger partial charge in [-0.15, -0.1) is 20.5 Å². The second kappa shape index (κ2) is 10.8. The zero-order chi connectivity index (χ0) is 11.0. The van der Waals surface area contributed by atoms with E-state index >= 15 is 0 Å². The molecule has 12 heteroatoms. The largest absolute Gasteiger partial charge is 2.00 e. The summed E-state index contributed by atoms with van der Waals surface area (Å²) in [6.07, 6.45) is 0. The normalized spacial score (nSPS) is 9.69. The molecule has 9 nitrogen and oxygen atoms in total. The zero-order valence-electron chi connectivity index (χ0n) is 5.77. The molecule has 0 aromatic rings. The predicted octanol–water partition coefficient (Wildman–Crippen LogP) is -9.91. The molecule has 0 atom stereocenters. The summed E-state index contributed by atoms with van der Waals surface area (Å²) >= 11 is 0. The molecule has 0 fully saturated rings. The van der Waals surface area contributed by atoms with Gasteiger partial charge in [-0.05, 0) is 0 Å². The third-order valence-corrected chi connectivity index (χ3v) is 0. The van der Waals surface area contributed by atoms with E-state index in [0.29, 0.717) is 0 Å². The predicted molar refractivity (Wildman–Crippen MR) is 8.14 cm³/mol. The SMILES string of the molecule is CO.[Cu+2].[O-][Cl+3]([O-])([O-])[O-].[O-][Cl+3]([O-])([O-])[O-]. The Bertz CT molecular complexity index is 60.6. The first kappa shape index (κ1) is 23.5. The molecule has 0 aliphatic carbocycles. The van der Waals surface area contributed by atoms with E-state index in [0.717, 1.165) is 7.11 Å². The van der Waals surface area contributed by atoms with Crippen LogP contribution in [0.15, 0.2) is 0 Å². The van der Waals surface area contributed by atoms with Gasteiger partial charge in [-0.2, -0.15) is 0 Å². The van der Waals surface area contributed by atoms with Gasteiger partial charge in [0.25, 0.3) is 0 Å². The Labute approximate surface area is 87.4 Å². The van der Waals surface area contributed by atoms with E-state index < -0.39 is 20.5 Å². The van der Waals surface area contributed by atoms with Gasteiger partial charge in [0, 0.05) is 7.11 Å². The molecule has 0 saturated heterocycles. The van der Waals surface area contributed by atoms with Crippen LogP contribution in [0.25, 0.3) is 0 Å². The molecule has 0 bridgehead atoms. The fourth-order valence-electron chi connectivity index (χ4n) is 0. The second-order valence-electron chi connectivity index (χ2n) is 0.756. The number of hydrogen-bond donors (Lipinski definition) is 1. The van der Waals surface area contributed by atoms with Crippen LogP contribution in [0, 0.1) is 20.5 Å². The Hall–Kier alpha value is 0.739. The molecule has 0 heterocycles. The number of hydrogen-bond acceptors (Lipinski definition) is 9. The van der Waals surface area contributed by atoms with Crippen LogP contribution in [-0.2, 0) is 17.1 Å². The molecule has 0 saturated carbocycles. The van der Waals surface area contributed by atoms with Crippen LogP contribution in [0.5, 0.6) is 0 Å². The van der Waals surface area contributed by atoms with Gasteiger partial charge >= 0.3 is 17.1 Å². The maximum Gasteiger partial charge on any atom is 2.00 e. The first-order valence-electron chi connectivity index (χ1n) is 1.68. The molecule has 0 aliphatic heterocycles. The fourth-order valence-corrected chi connectivity index (χ4v) is 0. The van der Waals surface area contributed by atoms with Crippen LogP contribution in [0.1, 0.15) is 0 Å². The van der Waals surface area contributed by atoms with Crippen LogP contribution < -0.4 is 37.3 Å². The first-order chi connectivity index (χ1) is 5.00. The minimum Gasteiger partial charge on any atom is -0.400 e. The van der Waals surface area contributed by atoms with Gasteiger partial charge in [-0.3, -0.25) is 0 Å². The third-order valence-electron chi connectivity index (χ3n) is 0. The maximum absolute atomic E-state index is 8.49. The molecule has 1 radical (unpaired) electrons. The molecule has 0 aliphatic rings. The average molecular weight is 294 g/mol. The monoisotopic (exact) mass is 293 g/mol. The van der Waals surface area contributed by atoms with Gasteiger partial charge in [0.05, 0.1) is 0 Å². The summed E-state index contributed by atoms with van der Waals surface area (Å²) in [4.78, 5) is 0. The van der Waals surface area contributed by atoms with Crippen LogP contribution in [-0.4, -0.2) is 12.2 Å². The van der Waals surface area contributed by atoms with Crippen molar-refractivity contribution in [3.63, 3.8) is 0 Å². The summed E-state index contributed by atoms with van der Waals surface area (Å²) in [5, 5.41) is 7.00. The van der Waals surface area contributed by atoms with Crippen molar-refractivity contribution in [2.24, 2.45) is 0 Å². The van der Waals surface area contributed by atoms with E-state index in [1.165, 1.54) is 0 Å². The number of aliphatic hydroxyl groups is 1. The Morgan fingerprint density at radius 2 is 0.615 bits per heavy atom. The van der Waals surface area contributed by atoms with E-state index in [2.05, 4.69) is 0 Å².